The van der Waals surface area contributed by atoms with Crippen molar-refractivity contribution in [1.29, 1.82) is 0 Å². The van der Waals surface area contributed by atoms with Crippen molar-refractivity contribution >= 4 is 27.2 Å². The molecule has 2 aromatic heterocycles. The van der Waals surface area contributed by atoms with Gasteiger partial charge in [0.2, 0.25) is 0 Å². The molecule has 1 N–H and O–H groups in total. The SMILES string of the molecule is CCc1nc(NC)cc(-c2cccc3ccsc23)n1. The largest absolute Gasteiger partial charge is 0.373 e. The van der Waals surface area contributed by atoms with E-state index in [4.69, 9.17) is 0 Å². The van der Waals surface area contributed by atoms with E-state index in [-0.39, 0.29) is 0 Å². The quantitative estimate of drug-likeness (QED) is 0.782. The van der Waals surface area contributed by atoms with Crippen LogP contribution in [0.15, 0.2) is 35.7 Å². The van der Waals surface area contributed by atoms with Gasteiger partial charge in [-0.15, -0.1) is 11.3 Å². The number of fused-ring (bicyclic) bond motifs is 1. The van der Waals surface area contributed by atoms with Crippen LogP contribution in [0.5, 0.6) is 0 Å². The zero-order valence-corrected chi connectivity index (χ0v) is 11.8. The van der Waals surface area contributed by atoms with Crippen molar-refractivity contribution in [2.75, 3.05) is 12.4 Å². The summed E-state index contributed by atoms with van der Waals surface area (Å²) in [4.78, 5) is 9.10. The van der Waals surface area contributed by atoms with Gasteiger partial charge in [0.1, 0.15) is 11.6 Å². The van der Waals surface area contributed by atoms with Crippen molar-refractivity contribution in [2.45, 2.75) is 13.3 Å². The Morgan fingerprint density at radius 3 is 2.89 bits per heavy atom. The molecule has 3 nitrogen and oxygen atoms in total. The third-order valence-electron chi connectivity index (χ3n) is 3.10. The highest BCUT2D eigenvalue weighted by molar-refractivity contribution is 7.17. The Morgan fingerprint density at radius 1 is 1.21 bits per heavy atom. The molecule has 0 bridgehead atoms. The summed E-state index contributed by atoms with van der Waals surface area (Å²) >= 11 is 1.75. The molecule has 0 saturated carbocycles. The van der Waals surface area contributed by atoms with Crippen molar-refractivity contribution in [2.24, 2.45) is 0 Å². The Balaban J connectivity index is 2.23. The maximum atomic E-state index is 4.66. The second-order valence-corrected chi connectivity index (χ2v) is 5.22. The highest BCUT2D eigenvalue weighted by Crippen LogP contribution is 2.32. The lowest BCUT2D eigenvalue weighted by molar-refractivity contribution is 0.945. The topological polar surface area (TPSA) is 37.8 Å². The van der Waals surface area contributed by atoms with Crippen LogP contribution >= 0.6 is 11.3 Å². The molecule has 19 heavy (non-hydrogen) atoms. The van der Waals surface area contributed by atoms with Crippen LogP contribution in [-0.2, 0) is 6.42 Å². The van der Waals surface area contributed by atoms with Gasteiger partial charge in [0.15, 0.2) is 0 Å². The van der Waals surface area contributed by atoms with E-state index in [9.17, 15) is 0 Å². The van der Waals surface area contributed by atoms with E-state index in [2.05, 4.69) is 51.9 Å². The number of anilines is 1. The average molecular weight is 269 g/mol. The van der Waals surface area contributed by atoms with Crippen LogP contribution in [0.2, 0.25) is 0 Å². The van der Waals surface area contributed by atoms with E-state index >= 15 is 0 Å². The molecule has 0 aliphatic rings. The lowest BCUT2D eigenvalue weighted by Crippen LogP contribution is -2.00. The Hall–Kier alpha value is -1.94. The first-order valence-electron chi connectivity index (χ1n) is 6.34. The molecule has 3 aromatic rings. The second kappa shape index (κ2) is 4.97. The molecule has 0 aliphatic heterocycles. The molecule has 3 rings (SSSR count). The Kier molecular flexibility index (Phi) is 3.17. The van der Waals surface area contributed by atoms with E-state index < -0.39 is 0 Å². The van der Waals surface area contributed by atoms with E-state index in [1.165, 1.54) is 15.6 Å². The maximum Gasteiger partial charge on any atom is 0.131 e. The van der Waals surface area contributed by atoms with Crippen molar-refractivity contribution in [3.63, 3.8) is 0 Å². The van der Waals surface area contributed by atoms with Crippen molar-refractivity contribution in [3.05, 3.63) is 41.5 Å². The third kappa shape index (κ3) is 2.19. The summed E-state index contributed by atoms with van der Waals surface area (Å²) in [5.74, 6) is 1.74. The zero-order chi connectivity index (χ0) is 13.2. The lowest BCUT2D eigenvalue weighted by Gasteiger charge is -2.07. The molecule has 1 aromatic carbocycles. The number of aryl methyl sites for hydroxylation is 1. The fraction of sp³-hybridized carbons (Fsp3) is 0.200. The summed E-state index contributed by atoms with van der Waals surface area (Å²) in [7, 11) is 1.89. The molecule has 0 radical (unpaired) electrons. The van der Waals surface area contributed by atoms with Gasteiger partial charge in [-0.25, -0.2) is 9.97 Å². The second-order valence-electron chi connectivity index (χ2n) is 4.30. The first kappa shape index (κ1) is 12.1. The van der Waals surface area contributed by atoms with Gasteiger partial charge < -0.3 is 5.32 Å². The van der Waals surface area contributed by atoms with Gasteiger partial charge in [-0.3, -0.25) is 0 Å². The molecule has 0 aliphatic carbocycles. The summed E-state index contributed by atoms with van der Waals surface area (Å²) in [6.45, 7) is 2.07. The average Bonchev–Trinajstić information content (AvgIpc) is 2.94. The molecule has 4 heteroatoms. The van der Waals surface area contributed by atoms with E-state index in [1.54, 1.807) is 11.3 Å². The fourth-order valence-electron chi connectivity index (χ4n) is 2.12. The van der Waals surface area contributed by atoms with Crippen LogP contribution < -0.4 is 5.32 Å². The predicted octanol–water partition coefficient (Wildman–Crippen LogP) is 3.96. The number of hydrogen-bond acceptors (Lipinski definition) is 4. The minimum Gasteiger partial charge on any atom is -0.373 e. The van der Waals surface area contributed by atoms with E-state index in [1.807, 2.05) is 13.1 Å². The van der Waals surface area contributed by atoms with Crippen molar-refractivity contribution in [1.82, 2.24) is 9.97 Å². The van der Waals surface area contributed by atoms with Crippen LogP contribution in [-0.4, -0.2) is 17.0 Å². The number of aromatic nitrogens is 2. The maximum absolute atomic E-state index is 4.66. The van der Waals surface area contributed by atoms with Crippen LogP contribution in [0.1, 0.15) is 12.7 Å². The molecule has 2 heterocycles. The van der Waals surface area contributed by atoms with E-state index in [0.717, 1.165) is 23.8 Å². The number of nitrogens with one attached hydrogen (secondary N) is 1. The summed E-state index contributed by atoms with van der Waals surface area (Å²) < 4.78 is 1.28. The molecule has 0 fully saturated rings. The van der Waals surface area contributed by atoms with Gasteiger partial charge in [-0.1, -0.05) is 25.1 Å². The van der Waals surface area contributed by atoms with Crippen LogP contribution in [0, 0.1) is 0 Å². The normalized spacial score (nSPS) is 10.8. The number of nitrogens with zero attached hydrogens (tertiary/aromatic N) is 2. The molecule has 0 amide bonds. The smallest absolute Gasteiger partial charge is 0.131 e. The van der Waals surface area contributed by atoms with Gasteiger partial charge in [-0.05, 0) is 16.8 Å². The molecule has 0 atom stereocenters. The first-order chi connectivity index (χ1) is 9.31. The molecule has 0 spiro atoms. The molecular weight excluding hydrogens is 254 g/mol. The molecule has 0 unspecified atom stereocenters. The molecular formula is C15H15N3S. The highest BCUT2D eigenvalue weighted by atomic mass is 32.1. The van der Waals surface area contributed by atoms with Gasteiger partial charge in [0.05, 0.1) is 5.69 Å². The third-order valence-corrected chi connectivity index (χ3v) is 4.06. The first-order valence-corrected chi connectivity index (χ1v) is 7.22. The summed E-state index contributed by atoms with van der Waals surface area (Å²) in [6, 6.07) is 10.5. The van der Waals surface area contributed by atoms with Crippen molar-refractivity contribution < 1.29 is 0 Å². The number of rotatable bonds is 3. The highest BCUT2D eigenvalue weighted by Gasteiger charge is 2.09. The number of hydrogen-bond donors (Lipinski definition) is 1. The van der Waals surface area contributed by atoms with Crippen LogP contribution in [0.3, 0.4) is 0 Å². The van der Waals surface area contributed by atoms with E-state index in [0.29, 0.717) is 0 Å². The Labute approximate surface area is 116 Å². The lowest BCUT2D eigenvalue weighted by atomic mass is 10.1. The Bertz CT molecular complexity index is 696. The minimum absolute atomic E-state index is 0.836. The summed E-state index contributed by atoms with van der Waals surface area (Å²) in [5.41, 5.74) is 2.17. The number of benzene rings is 1. The van der Waals surface area contributed by atoms with Crippen LogP contribution in [0.4, 0.5) is 5.82 Å². The van der Waals surface area contributed by atoms with Gasteiger partial charge in [0.25, 0.3) is 0 Å². The van der Waals surface area contributed by atoms with Gasteiger partial charge in [0, 0.05) is 29.8 Å². The molecule has 0 saturated heterocycles. The predicted molar refractivity (Wildman–Crippen MR) is 81.8 cm³/mol. The van der Waals surface area contributed by atoms with Gasteiger partial charge >= 0.3 is 0 Å². The van der Waals surface area contributed by atoms with Crippen molar-refractivity contribution in [3.8, 4) is 11.3 Å². The molecule has 96 valence electrons. The minimum atomic E-state index is 0.836. The Morgan fingerprint density at radius 2 is 2.11 bits per heavy atom. The summed E-state index contributed by atoms with van der Waals surface area (Å²) in [5, 5.41) is 6.49. The monoisotopic (exact) mass is 269 g/mol. The zero-order valence-electron chi connectivity index (χ0n) is 11.0. The fourth-order valence-corrected chi connectivity index (χ4v) is 3.04. The van der Waals surface area contributed by atoms with Gasteiger partial charge in [-0.2, -0.15) is 0 Å². The number of thiophene rings is 1. The van der Waals surface area contributed by atoms with Crippen LogP contribution in [0.25, 0.3) is 21.3 Å². The summed E-state index contributed by atoms with van der Waals surface area (Å²) in [6.07, 6.45) is 0.836. The standard InChI is InChI=1S/C15H15N3S/c1-3-13-17-12(9-14(16-2)18-13)11-6-4-5-10-7-8-19-15(10)11/h4-9H,3H2,1-2H3,(H,16,17,18).